The third kappa shape index (κ3) is 4.71. The second-order valence-electron chi connectivity index (χ2n) is 5.97. The smallest absolute Gasteiger partial charge is 0.323 e. The first-order valence-corrected chi connectivity index (χ1v) is 10.9. The van der Waals surface area contributed by atoms with Crippen molar-refractivity contribution in [3.8, 4) is 5.75 Å². The molecule has 2 aromatic rings. The van der Waals surface area contributed by atoms with Gasteiger partial charge in [0.2, 0.25) is 10.0 Å². The van der Waals surface area contributed by atoms with Gasteiger partial charge in [0.1, 0.15) is 4.90 Å². The Morgan fingerprint density at radius 2 is 1.66 bits per heavy atom. The molecule has 2 aromatic carbocycles. The molecular formula is C17H16Cl3N3O5S. The van der Waals surface area contributed by atoms with Crippen LogP contribution in [0.5, 0.6) is 5.75 Å². The van der Waals surface area contributed by atoms with Crippen molar-refractivity contribution in [2.24, 2.45) is 0 Å². The summed E-state index contributed by atoms with van der Waals surface area (Å²) in [6.07, 6.45) is 0. The fraction of sp³-hybridized carbons (Fsp3) is 0.235. The summed E-state index contributed by atoms with van der Waals surface area (Å²) in [4.78, 5) is 11.8. The lowest BCUT2D eigenvalue weighted by Crippen LogP contribution is -2.40. The summed E-state index contributed by atoms with van der Waals surface area (Å²) in [6, 6.07) is 6.48. The van der Waals surface area contributed by atoms with E-state index < -0.39 is 26.7 Å². The van der Waals surface area contributed by atoms with Crippen molar-refractivity contribution < 1.29 is 23.1 Å². The predicted octanol–water partition coefficient (Wildman–Crippen LogP) is 4.02. The van der Waals surface area contributed by atoms with Gasteiger partial charge in [-0.05, 0) is 24.3 Å². The molecule has 0 aliphatic carbocycles. The quantitative estimate of drug-likeness (QED) is 0.573. The average molecular weight is 481 g/mol. The first-order chi connectivity index (χ1) is 13.7. The van der Waals surface area contributed by atoms with Crippen LogP contribution in [0.4, 0.5) is 16.2 Å². The van der Waals surface area contributed by atoms with E-state index in [0.29, 0.717) is 0 Å². The van der Waals surface area contributed by atoms with Gasteiger partial charge in [0.15, 0.2) is 5.75 Å². The zero-order valence-corrected chi connectivity index (χ0v) is 17.9. The zero-order chi connectivity index (χ0) is 21.2. The molecule has 29 heavy (non-hydrogen) atoms. The number of ether oxygens (including phenoxy) is 1. The second kappa shape index (κ2) is 8.95. The van der Waals surface area contributed by atoms with Crippen molar-refractivity contribution in [2.45, 2.75) is 4.90 Å². The van der Waals surface area contributed by atoms with Crippen molar-refractivity contribution in [2.75, 3.05) is 36.9 Å². The number of nitrogens with zero attached hydrogens (tertiary/aromatic N) is 1. The molecule has 1 heterocycles. The Labute approximate surface area is 182 Å². The van der Waals surface area contributed by atoms with Crippen LogP contribution in [0.2, 0.25) is 15.1 Å². The topological polar surface area (TPSA) is 108 Å². The Morgan fingerprint density at radius 3 is 2.34 bits per heavy atom. The van der Waals surface area contributed by atoms with E-state index in [9.17, 15) is 18.3 Å². The molecule has 1 aliphatic rings. The Kier molecular flexibility index (Phi) is 6.77. The number of aromatic hydroxyl groups is 1. The van der Waals surface area contributed by atoms with Gasteiger partial charge in [-0.2, -0.15) is 4.31 Å². The Balaban J connectivity index is 1.87. The number of benzene rings is 2. The summed E-state index contributed by atoms with van der Waals surface area (Å²) >= 11 is 18.0. The Morgan fingerprint density at radius 1 is 1.00 bits per heavy atom. The van der Waals surface area contributed by atoms with Gasteiger partial charge in [0.25, 0.3) is 0 Å². The number of hydrogen-bond acceptors (Lipinski definition) is 5. The van der Waals surface area contributed by atoms with E-state index in [1.54, 1.807) is 12.1 Å². The summed E-state index contributed by atoms with van der Waals surface area (Å²) < 4.78 is 32.1. The number of phenolic OH excluding ortho intramolecular Hbond substituents is 1. The molecule has 0 radical (unpaired) electrons. The van der Waals surface area contributed by atoms with Crippen LogP contribution in [0.3, 0.4) is 0 Å². The van der Waals surface area contributed by atoms with Crippen LogP contribution in [-0.4, -0.2) is 50.2 Å². The summed E-state index contributed by atoms with van der Waals surface area (Å²) in [5.41, 5.74) is 0.100. The Bertz CT molecular complexity index is 1040. The molecule has 1 fully saturated rings. The molecule has 0 bridgehead atoms. The van der Waals surface area contributed by atoms with Gasteiger partial charge in [-0.3, -0.25) is 0 Å². The molecule has 0 atom stereocenters. The number of rotatable bonds is 4. The lowest BCUT2D eigenvalue weighted by Gasteiger charge is -2.27. The molecule has 2 amide bonds. The standard InChI is InChI=1S/C17H16Cl3N3O5S/c18-10-2-1-3-12(14(10)20)21-17(25)22-13-5-4-11(19)16(15(13)24)29(26,27)23-6-8-28-9-7-23/h1-5,24H,6-9H2,(H2,21,22,25). The summed E-state index contributed by atoms with van der Waals surface area (Å²) in [6.45, 7) is 0.726. The highest BCUT2D eigenvalue weighted by atomic mass is 35.5. The largest absolute Gasteiger partial charge is 0.504 e. The van der Waals surface area contributed by atoms with Gasteiger partial charge < -0.3 is 20.5 Å². The molecule has 0 spiro atoms. The maximum absolute atomic E-state index is 12.9. The number of halogens is 3. The fourth-order valence-corrected chi connectivity index (χ4v) is 5.03. The van der Waals surface area contributed by atoms with Crippen LogP contribution in [0.1, 0.15) is 0 Å². The van der Waals surface area contributed by atoms with E-state index in [-0.39, 0.29) is 52.7 Å². The van der Waals surface area contributed by atoms with Gasteiger partial charge >= 0.3 is 6.03 Å². The third-order valence-corrected chi connectivity index (χ3v) is 7.32. The van der Waals surface area contributed by atoms with Gasteiger partial charge in [0.05, 0.1) is 39.7 Å². The minimum Gasteiger partial charge on any atom is -0.504 e. The van der Waals surface area contributed by atoms with Crippen LogP contribution in [-0.2, 0) is 14.8 Å². The summed E-state index contributed by atoms with van der Waals surface area (Å²) in [7, 11) is -4.09. The van der Waals surface area contributed by atoms with Crippen LogP contribution in [0, 0.1) is 0 Å². The maximum Gasteiger partial charge on any atom is 0.323 e. The van der Waals surface area contributed by atoms with Gasteiger partial charge in [0, 0.05) is 13.1 Å². The summed E-state index contributed by atoms with van der Waals surface area (Å²) in [5, 5.41) is 15.6. The normalized spacial score (nSPS) is 15.1. The minimum atomic E-state index is -4.09. The lowest BCUT2D eigenvalue weighted by molar-refractivity contribution is 0.0729. The SMILES string of the molecule is O=C(Nc1ccc(Cl)c(S(=O)(=O)N2CCOCC2)c1O)Nc1cccc(Cl)c1Cl. The highest BCUT2D eigenvalue weighted by molar-refractivity contribution is 7.89. The average Bonchev–Trinajstić information content (AvgIpc) is 2.68. The highest BCUT2D eigenvalue weighted by Crippen LogP contribution is 2.39. The highest BCUT2D eigenvalue weighted by Gasteiger charge is 2.32. The second-order valence-corrected chi connectivity index (χ2v) is 9.04. The molecule has 156 valence electrons. The number of carbonyl (C=O) groups excluding carboxylic acids is 1. The van der Waals surface area contributed by atoms with Crippen molar-refractivity contribution in [3.63, 3.8) is 0 Å². The summed E-state index contributed by atoms with van der Waals surface area (Å²) in [5.74, 6) is -0.670. The van der Waals surface area contributed by atoms with Crippen LogP contribution in [0.25, 0.3) is 0 Å². The minimum absolute atomic E-state index is 0.128. The van der Waals surface area contributed by atoms with Crippen molar-refractivity contribution >= 4 is 62.2 Å². The van der Waals surface area contributed by atoms with E-state index in [4.69, 9.17) is 39.5 Å². The lowest BCUT2D eigenvalue weighted by atomic mass is 10.3. The molecule has 0 unspecified atom stereocenters. The van der Waals surface area contributed by atoms with Crippen molar-refractivity contribution in [3.05, 3.63) is 45.4 Å². The van der Waals surface area contributed by atoms with Gasteiger partial charge in [-0.25, -0.2) is 13.2 Å². The van der Waals surface area contributed by atoms with E-state index >= 15 is 0 Å². The first-order valence-electron chi connectivity index (χ1n) is 8.33. The van der Waals surface area contributed by atoms with Crippen LogP contribution in [0.15, 0.2) is 35.2 Å². The maximum atomic E-state index is 12.9. The molecule has 8 nitrogen and oxygen atoms in total. The molecule has 1 saturated heterocycles. The zero-order valence-electron chi connectivity index (χ0n) is 14.8. The number of carbonyl (C=O) groups is 1. The van der Waals surface area contributed by atoms with Gasteiger partial charge in [-0.1, -0.05) is 40.9 Å². The number of morpholine rings is 1. The van der Waals surface area contributed by atoms with E-state index in [1.807, 2.05) is 0 Å². The van der Waals surface area contributed by atoms with Crippen LogP contribution >= 0.6 is 34.8 Å². The van der Waals surface area contributed by atoms with E-state index in [1.165, 1.54) is 18.2 Å². The number of hydrogen-bond donors (Lipinski definition) is 3. The number of nitrogens with one attached hydrogen (secondary N) is 2. The molecule has 0 saturated carbocycles. The molecular weight excluding hydrogens is 465 g/mol. The fourth-order valence-electron chi connectivity index (χ4n) is 2.69. The molecule has 12 heteroatoms. The molecule has 3 rings (SSSR count). The third-order valence-electron chi connectivity index (χ3n) is 4.10. The van der Waals surface area contributed by atoms with E-state index in [0.717, 1.165) is 4.31 Å². The monoisotopic (exact) mass is 479 g/mol. The van der Waals surface area contributed by atoms with Crippen molar-refractivity contribution in [1.29, 1.82) is 0 Å². The number of phenols is 1. The number of amides is 2. The number of sulfonamides is 1. The van der Waals surface area contributed by atoms with Crippen molar-refractivity contribution in [1.82, 2.24) is 4.31 Å². The molecule has 0 aromatic heterocycles. The predicted molar refractivity (Wildman–Crippen MR) is 112 cm³/mol. The first kappa shape index (κ1) is 21.9. The molecule has 1 aliphatic heterocycles. The van der Waals surface area contributed by atoms with Gasteiger partial charge in [-0.15, -0.1) is 0 Å². The molecule has 3 N–H and O–H groups in total. The van der Waals surface area contributed by atoms with E-state index in [2.05, 4.69) is 10.6 Å². The Hall–Kier alpha value is -1.75. The number of anilines is 2. The number of urea groups is 1. The van der Waals surface area contributed by atoms with Crippen LogP contribution < -0.4 is 10.6 Å².